The van der Waals surface area contributed by atoms with Crippen molar-refractivity contribution in [2.24, 2.45) is 0 Å². The second-order valence-electron chi connectivity index (χ2n) is 6.28. The maximum Gasteiger partial charge on any atom is 0.254 e. The molecule has 0 fully saturated rings. The van der Waals surface area contributed by atoms with Gasteiger partial charge in [0.05, 0.1) is 40.2 Å². The average Bonchev–Trinajstić information content (AvgIpc) is 3.29. The van der Waals surface area contributed by atoms with E-state index >= 15 is 0 Å². The smallest absolute Gasteiger partial charge is 0.254 e. The number of carbonyl (C=O) groups excluding carboxylic acids is 1. The number of benzene rings is 1. The van der Waals surface area contributed by atoms with Crippen molar-refractivity contribution in [3.63, 3.8) is 0 Å². The molecule has 0 saturated heterocycles. The molecular formula is C20H17ClN4O2. The summed E-state index contributed by atoms with van der Waals surface area (Å²) in [6.45, 7) is 4.16. The standard InChI is InChI=1S/C20H17ClN4O2/c1-12-5-7-14(8-6-12)25-19-17(13(2)24-25)18(21)16(11-22-19)20(26)23-10-15-4-3-9-27-15/h3-9,11H,10H2,1-2H3,(H,23,26). The van der Waals surface area contributed by atoms with Gasteiger partial charge in [-0.1, -0.05) is 29.3 Å². The molecule has 27 heavy (non-hydrogen) atoms. The fourth-order valence-electron chi connectivity index (χ4n) is 2.91. The van der Waals surface area contributed by atoms with Crippen LogP contribution in [0.3, 0.4) is 0 Å². The number of hydrogen-bond acceptors (Lipinski definition) is 4. The second-order valence-corrected chi connectivity index (χ2v) is 6.66. The van der Waals surface area contributed by atoms with E-state index in [1.807, 2.05) is 38.1 Å². The molecule has 0 aliphatic heterocycles. The zero-order chi connectivity index (χ0) is 19.0. The highest BCUT2D eigenvalue weighted by molar-refractivity contribution is 6.38. The van der Waals surface area contributed by atoms with Crippen LogP contribution in [0.15, 0.2) is 53.3 Å². The molecule has 0 saturated carbocycles. The minimum absolute atomic E-state index is 0.280. The molecule has 4 rings (SSSR count). The van der Waals surface area contributed by atoms with Crippen molar-refractivity contribution in [3.8, 4) is 5.69 Å². The first-order chi connectivity index (χ1) is 13.0. The average molecular weight is 381 g/mol. The van der Waals surface area contributed by atoms with E-state index in [0.29, 0.717) is 33.1 Å². The minimum Gasteiger partial charge on any atom is -0.467 e. The van der Waals surface area contributed by atoms with E-state index < -0.39 is 0 Å². The molecule has 136 valence electrons. The Morgan fingerprint density at radius 1 is 1.22 bits per heavy atom. The lowest BCUT2D eigenvalue weighted by molar-refractivity contribution is 0.0948. The van der Waals surface area contributed by atoms with E-state index in [1.54, 1.807) is 23.1 Å². The SMILES string of the molecule is Cc1ccc(-n2nc(C)c3c(Cl)c(C(=O)NCc4ccco4)cnc32)cc1. The van der Waals surface area contributed by atoms with Crippen molar-refractivity contribution >= 4 is 28.5 Å². The summed E-state index contributed by atoms with van der Waals surface area (Å²) in [6.07, 6.45) is 3.04. The maximum absolute atomic E-state index is 12.5. The maximum atomic E-state index is 12.5. The highest BCUT2D eigenvalue weighted by Crippen LogP contribution is 2.30. The normalized spacial score (nSPS) is 11.1. The second kappa shape index (κ2) is 6.89. The zero-order valence-corrected chi connectivity index (χ0v) is 15.6. The lowest BCUT2D eigenvalue weighted by Gasteiger charge is -2.07. The van der Waals surface area contributed by atoms with Gasteiger partial charge in [-0.25, -0.2) is 9.67 Å². The van der Waals surface area contributed by atoms with Gasteiger partial charge >= 0.3 is 0 Å². The van der Waals surface area contributed by atoms with Crippen LogP contribution in [0.5, 0.6) is 0 Å². The van der Waals surface area contributed by atoms with Gasteiger partial charge < -0.3 is 9.73 Å². The Balaban J connectivity index is 1.71. The molecule has 0 spiro atoms. The molecule has 0 aliphatic rings. The zero-order valence-electron chi connectivity index (χ0n) is 14.9. The number of furan rings is 1. The predicted octanol–water partition coefficient (Wildman–Crippen LogP) is 4.21. The summed E-state index contributed by atoms with van der Waals surface area (Å²) in [6, 6.07) is 11.5. The summed E-state index contributed by atoms with van der Waals surface area (Å²) >= 11 is 6.55. The van der Waals surface area contributed by atoms with Crippen molar-refractivity contribution in [2.45, 2.75) is 20.4 Å². The molecule has 1 N–H and O–H groups in total. The molecule has 1 amide bonds. The summed E-state index contributed by atoms with van der Waals surface area (Å²) in [5.41, 5.74) is 3.68. The molecule has 6 nitrogen and oxygen atoms in total. The number of nitrogens with zero attached hydrogens (tertiary/aromatic N) is 3. The third kappa shape index (κ3) is 3.19. The van der Waals surface area contributed by atoms with Crippen molar-refractivity contribution in [1.82, 2.24) is 20.1 Å². The summed E-state index contributed by atoms with van der Waals surface area (Å²) in [4.78, 5) is 17.0. The van der Waals surface area contributed by atoms with Gasteiger partial charge in [-0.05, 0) is 38.1 Å². The highest BCUT2D eigenvalue weighted by atomic mass is 35.5. The van der Waals surface area contributed by atoms with Gasteiger partial charge in [0.1, 0.15) is 5.76 Å². The first kappa shape index (κ1) is 17.3. The van der Waals surface area contributed by atoms with Crippen LogP contribution in [0.25, 0.3) is 16.7 Å². The Kier molecular flexibility index (Phi) is 4.41. The van der Waals surface area contributed by atoms with Crippen LogP contribution in [0.1, 0.15) is 27.4 Å². The number of pyridine rings is 1. The van der Waals surface area contributed by atoms with Gasteiger partial charge in [-0.3, -0.25) is 4.79 Å². The van der Waals surface area contributed by atoms with E-state index in [4.69, 9.17) is 16.0 Å². The summed E-state index contributed by atoms with van der Waals surface area (Å²) in [5, 5.41) is 8.36. The molecule has 0 unspecified atom stereocenters. The first-order valence-electron chi connectivity index (χ1n) is 8.46. The van der Waals surface area contributed by atoms with Crippen molar-refractivity contribution < 1.29 is 9.21 Å². The number of aryl methyl sites for hydroxylation is 2. The Hall–Kier alpha value is -3.12. The summed E-state index contributed by atoms with van der Waals surface area (Å²) < 4.78 is 6.96. The van der Waals surface area contributed by atoms with Crippen LogP contribution < -0.4 is 5.32 Å². The molecule has 0 radical (unpaired) electrons. The Labute approximate surface area is 160 Å². The lowest BCUT2D eigenvalue weighted by atomic mass is 10.2. The summed E-state index contributed by atoms with van der Waals surface area (Å²) in [5.74, 6) is 0.352. The van der Waals surface area contributed by atoms with Gasteiger partial charge in [0, 0.05) is 6.20 Å². The van der Waals surface area contributed by atoms with Gasteiger partial charge in [0.15, 0.2) is 5.65 Å². The number of hydrogen-bond donors (Lipinski definition) is 1. The Morgan fingerprint density at radius 3 is 2.70 bits per heavy atom. The fourth-order valence-corrected chi connectivity index (χ4v) is 3.26. The number of carbonyl (C=O) groups is 1. The van der Waals surface area contributed by atoms with Gasteiger partial charge in [-0.15, -0.1) is 0 Å². The molecular weight excluding hydrogens is 364 g/mol. The molecule has 7 heteroatoms. The van der Waals surface area contributed by atoms with Crippen LogP contribution in [0.4, 0.5) is 0 Å². The van der Waals surface area contributed by atoms with Gasteiger partial charge in [0.25, 0.3) is 5.91 Å². The van der Waals surface area contributed by atoms with E-state index in [1.165, 1.54) is 6.20 Å². The number of nitrogens with one attached hydrogen (secondary N) is 1. The third-order valence-corrected chi connectivity index (χ3v) is 4.73. The Bertz CT molecular complexity index is 1120. The van der Waals surface area contributed by atoms with Crippen LogP contribution in [-0.2, 0) is 6.54 Å². The van der Waals surface area contributed by atoms with Crippen LogP contribution in [-0.4, -0.2) is 20.7 Å². The van der Waals surface area contributed by atoms with Crippen molar-refractivity contribution in [2.75, 3.05) is 0 Å². The fraction of sp³-hybridized carbons (Fsp3) is 0.150. The Morgan fingerprint density at radius 2 is 2.00 bits per heavy atom. The number of fused-ring (bicyclic) bond motifs is 1. The number of amides is 1. The van der Waals surface area contributed by atoms with Crippen molar-refractivity contribution in [3.05, 3.63) is 76.5 Å². The highest BCUT2D eigenvalue weighted by Gasteiger charge is 2.20. The first-order valence-corrected chi connectivity index (χ1v) is 8.84. The molecule has 3 aromatic heterocycles. The van der Waals surface area contributed by atoms with E-state index in [2.05, 4.69) is 15.4 Å². The molecule has 1 aromatic carbocycles. The topological polar surface area (TPSA) is 73.0 Å². The molecule has 0 aliphatic carbocycles. The van der Waals surface area contributed by atoms with E-state index in [-0.39, 0.29) is 12.5 Å². The molecule has 3 heterocycles. The van der Waals surface area contributed by atoms with Crippen LogP contribution in [0, 0.1) is 13.8 Å². The number of halogens is 1. The molecule has 0 bridgehead atoms. The van der Waals surface area contributed by atoms with Crippen molar-refractivity contribution in [1.29, 1.82) is 0 Å². The monoisotopic (exact) mass is 380 g/mol. The number of aromatic nitrogens is 3. The third-order valence-electron chi connectivity index (χ3n) is 4.33. The minimum atomic E-state index is -0.312. The lowest BCUT2D eigenvalue weighted by Crippen LogP contribution is -2.23. The van der Waals surface area contributed by atoms with E-state index in [0.717, 1.165) is 11.3 Å². The molecule has 4 aromatic rings. The quantitative estimate of drug-likeness (QED) is 0.575. The van der Waals surface area contributed by atoms with Crippen LogP contribution >= 0.6 is 11.6 Å². The van der Waals surface area contributed by atoms with Gasteiger partial charge in [-0.2, -0.15) is 5.10 Å². The summed E-state index contributed by atoms with van der Waals surface area (Å²) in [7, 11) is 0. The van der Waals surface area contributed by atoms with Gasteiger partial charge in [0.2, 0.25) is 0 Å². The molecule has 0 atom stereocenters. The predicted molar refractivity (Wildman–Crippen MR) is 103 cm³/mol. The van der Waals surface area contributed by atoms with E-state index in [9.17, 15) is 4.79 Å². The van der Waals surface area contributed by atoms with Crippen LogP contribution in [0.2, 0.25) is 5.02 Å². The largest absolute Gasteiger partial charge is 0.467 e. The number of rotatable bonds is 4.